The summed E-state index contributed by atoms with van der Waals surface area (Å²) in [7, 11) is 0. The van der Waals surface area contributed by atoms with Crippen molar-refractivity contribution >= 4 is 5.91 Å². The maximum absolute atomic E-state index is 13.1. The Morgan fingerprint density at radius 1 is 1.03 bits per heavy atom. The van der Waals surface area contributed by atoms with Crippen molar-refractivity contribution in [2.75, 3.05) is 6.54 Å². The lowest BCUT2D eigenvalue weighted by Gasteiger charge is -2.29. The molecule has 5 nitrogen and oxygen atoms in total. The van der Waals surface area contributed by atoms with E-state index in [0.717, 1.165) is 30.8 Å². The molecule has 2 saturated carbocycles. The third-order valence-electron chi connectivity index (χ3n) is 7.25. The van der Waals surface area contributed by atoms with Crippen molar-refractivity contribution in [1.29, 1.82) is 0 Å². The Labute approximate surface area is 181 Å². The van der Waals surface area contributed by atoms with Gasteiger partial charge in [0.05, 0.1) is 23.2 Å². The fourth-order valence-electron chi connectivity index (χ4n) is 5.16. The molecule has 156 valence electrons. The van der Waals surface area contributed by atoms with Gasteiger partial charge in [-0.3, -0.25) is 9.59 Å². The van der Waals surface area contributed by atoms with Gasteiger partial charge in [-0.1, -0.05) is 60.7 Å². The Kier molecular flexibility index (Phi) is 4.13. The maximum atomic E-state index is 13.1. The van der Waals surface area contributed by atoms with Crippen molar-refractivity contribution in [3.63, 3.8) is 0 Å². The van der Waals surface area contributed by atoms with Gasteiger partial charge in [-0.2, -0.15) is 0 Å². The highest BCUT2D eigenvalue weighted by molar-refractivity contribution is 5.83. The summed E-state index contributed by atoms with van der Waals surface area (Å²) >= 11 is 0. The molecule has 6 rings (SSSR count). The van der Waals surface area contributed by atoms with Gasteiger partial charge in [-0.05, 0) is 36.3 Å². The van der Waals surface area contributed by atoms with Crippen molar-refractivity contribution in [2.45, 2.75) is 43.6 Å². The summed E-state index contributed by atoms with van der Waals surface area (Å²) < 4.78 is 0. The van der Waals surface area contributed by atoms with Crippen molar-refractivity contribution in [1.82, 2.24) is 14.9 Å². The second-order valence-electron chi connectivity index (χ2n) is 9.16. The van der Waals surface area contributed by atoms with E-state index in [0.29, 0.717) is 31.0 Å². The summed E-state index contributed by atoms with van der Waals surface area (Å²) in [6.45, 7) is 1.01. The predicted octanol–water partition coefficient (Wildman–Crippen LogP) is 3.54. The predicted molar refractivity (Wildman–Crippen MR) is 118 cm³/mol. The molecule has 3 aliphatic rings. The van der Waals surface area contributed by atoms with E-state index in [4.69, 9.17) is 4.98 Å². The van der Waals surface area contributed by atoms with Gasteiger partial charge in [0.25, 0.3) is 5.56 Å². The van der Waals surface area contributed by atoms with Crippen LogP contribution in [0.1, 0.15) is 53.4 Å². The highest BCUT2D eigenvalue weighted by atomic mass is 16.2. The molecular formula is C26H25N3O2. The largest absolute Gasteiger partial charge is 0.337 e. The van der Waals surface area contributed by atoms with E-state index >= 15 is 0 Å². The number of hydrogen-bond acceptors (Lipinski definition) is 3. The fourth-order valence-corrected chi connectivity index (χ4v) is 5.16. The molecule has 0 unspecified atom stereocenters. The molecule has 1 aromatic heterocycles. The lowest BCUT2D eigenvalue weighted by molar-refractivity contribution is -0.133. The van der Waals surface area contributed by atoms with Crippen LogP contribution in [0.25, 0.3) is 0 Å². The van der Waals surface area contributed by atoms with Crippen LogP contribution >= 0.6 is 0 Å². The molecule has 0 bridgehead atoms. The summed E-state index contributed by atoms with van der Waals surface area (Å²) in [5.41, 5.74) is 3.73. The molecule has 0 spiro atoms. The average molecular weight is 412 g/mol. The monoisotopic (exact) mass is 411 g/mol. The summed E-state index contributed by atoms with van der Waals surface area (Å²) in [4.78, 5) is 35.9. The van der Waals surface area contributed by atoms with E-state index in [2.05, 4.69) is 29.2 Å². The molecule has 5 heteroatoms. The van der Waals surface area contributed by atoms with E-state index in [1.807, 2.05) is 41.3 Å². The van der Waals surface area contributed by atoms with Crippen LogP contribution in [0.5, 0.6) is 0 Å². The molecule has 2 aromatic carbocycles. The zero-order valence-electron chi connectivity index (χ0n) is 17.4. The molecule has 0 radical (unpaired) electrons. The summed E-state index contributed by atoms with van der Waals surface area (Å²) in [5, 5.41) is 0. The number of H-pyrrole nitrogens is 1. The van der Waals surface area contributed by atoms with Crippen LogP contribution in [0, 0.1) is 5.92 Å². The van der Waals surface area contributed by atoms with E-state index in [1.165, 1.54) is 11.1 Å². The number of rotatable bonds is 4. The smallest absolute Gasteiger partial charge is 0.256 e. The Morgan fingerprint density at radius 3 is 2.45 bits per heavy atom. The molecule has 31 heavy (non-hydrogen) atoms. The van der Waals surface area contributed by atoms with E-state index in [1.54, 1.807) is 0 Å². The number of hydrogen-bond donors (Lipinski definition) is 1. The third-order valence-corrected chi connectivity index (χ3v) is 7.25. The second kappa shape index (κ2) is 6.91. The number of aromatic nitrogens is 2. The number of benzene rings is 2. The number of carbonyl (C=O) groups is 1. The Hall–Kier alpha value is -3.21. The number of aromatic amines is 1. The highest BCUT2D eigenvalue weighted by Crippen LogP contribution is 2.52. The first-order chi connectivity index (χ1) is 15.2. The molecule has 2 atom stereocenters. The molecule has 1 amide bonds. The first kappa shape index (κ1) is 18.6. The van der Waals surface area contributed by atoms with Gasteiger partial charge < -0.3 is 9.88 Å². The molecular weight excluding hydrogens is 386 g/mol. The number of nitrogens with zero attached hydrogens (tertiary/aromatic N) is 2. The van der Waals surface area contributed by atoms with Gasteiger partial charge in [0, 0.05) is 18.9 Å². The number of amides is 1. The van der Waals surface area contributed by atoms with Crippen LogP contribution in [-0.4, -0.2) is 27.3 Å². The van der Waals surface area contributed by atoms with Gasteiger partial charge in [-0.25, -0.2) is 4.98 Å². The molecule has 0 saturated heterocycles. The van der Waals surface area contributed by atoms with Crippen LogP contribution in [-0.2, 0) is 23.2 Å². The van der Waals surface area contributed by atoms with Crippen molar-refractivity contribution in [3.05, 3.63) is 99.2 Å². The first-order valence-electron chi connectivity index (χ1n) is 11.2. The van der Waals surface area contributed by atoms with Crippen molar-refractivity contribution < 1.29 is 4.79 Å². The molecule has 1 N–H and O–H groups in total. The lowest BCUT2D eigenvalue weighted by Crippen LogP contribution is -2.41. The van der Waals surface area contributed by atoms with Crippen LogP contribution in [0.2, 0.25) is 0 Å². The van der Waals surface area contributed by atoms with Crippen LogP contribution in [0.15, 0.2) is 65.5 Å². The SMILES string of the molecule is O=C([C@H]1C[C@@H]1c1ccccc1)N1CCc2nc(C3(c4ccccc4)CC3)[nH]c(=O)c2C1. The van der Waals surface area contributed by atoms with Gasteiger partial charge in [0.15, 0.2) is 0 Å². The van der Waals surface area contributed by atoms with E-state index in [-0.39, 0.29) is 22.8 Å². The van der Waals surface area contributed by atoms with E-state index < -0.39 is 0 Å². The topological polar surface area (TPSA) is 66.1 Å². The molecule has 2 aliphatic carbocycles. The lowest BCUT2D eigenvalue weighted by atomic mass is 9.94. The Morgan fingerprint density at radius 2 is 1.74 bits per heavy atom. The second-order valence-corrected chi connectivity index (χ2v) is 9.16. The van der Waals surface area contributed by atoms with Crippen LogP contribution in [0.3, 0.4) is 0 Å². The van der Waals surface area contributed by atoms with Gasteiger partial charge in [0.2, 0.25) is 5.91 Å². The third kappa shape index (κ3) is 3.11. The normalized spacial score (nSPS) is 23.2. The molecule has 2 heterocycles. The molecule has 1 aliphatic heterocycles. The number of fused-ring (bicyclic) bond motifs is 1. The summed E-state index contributed by atoms with van der Waals surface area (Å²) in [5.74, 6) is 1.32. The molecule has 2 fully saturated rings. The minimum atomic E-state index is -0.153. The number of nitrogens with one attached hydrogen (secondary N) is 1. The minimum absolute atomic E-state index is 0.0445. The zero-order chi connectivity index (χ0) is 21.0. The Bertz CT molecular complexity index is 1200. The average Bonchev–Trinajstić information content (AvgIpc) is 3.74. The minimum Gasteiger partial charge on any atom is -0.337 e. The molecule has 3 aromatic rings. The van der Waals surface area contributed by atoms with Gasteiger partial charge >= 0.3 is 0 Å². The quantitative estimate of drug-likeness (QED) is 0.714. The van der Waals surface area contributed by atoms with Crippen LogP contribution in [0.4, 0.5) is 0 Å². The summed E-state index contributed by atoms with van der Waals surface area (Å²) in [6.07, 6.45) is 3.56. The first-order valence-corrected chi connectivity index (χ1v) is 11.2. The van der Waals surface area contributed by atoms with Gasteiger partial charge in [-0.15, -0.1) is 0 Å². The zero-order valence-corrected chi connectivity index (χ0v) is 17.4. The standard InChI is InChI=1S/C26H25N3O2/c30-23-21-16-29(24(31)20-15-19(20)17-7-3-1-4-8-17)14-11-22(21)27-25(28-23)26(12-13-26)18-9-5-2-6-10-18/h1-10,19-20H,11-16H2,(H,27,28,30)/t19-,20+/m1/s1. The highest BCUT2D eigenvalue weighted by Gasteiger charge is 2.49. The Balaban J connectivity index is 1.23. The van der Waals surface area contributed by atoms with Crippen molar-refractivity contribution in [2.24, 2.45) is 5.92 Å². The summed E-state index contributed by atoms with van der Waals surface area (Å²) in [6, 6.07) is 20.6. The van der Waals surface area contributed by atoms with E-state index in [9.17, 15) is 9.59 Å². The van der Waals surface area contributed by atoms with Gasteiger partial charge in [0.1, 0.15) is 5.82 Å². The fraction of sp³-hybridized carbons (Fsp3) is 0.346. The van der Waals surface area contributed by atoms with Crippen LogP contribution < -0.4 is 5.56 Å². The number of carbonyl (C=O) groups excluding carboxylic acids is 1. The maximum Gasteiger partial charge on any atom is 0.256 e. The van der Waals surface area contributed by atoms with Crippen molar-refractivity contribution in [3.8, 4) is 0 Å².